The van der Waals surface area contributed by atoms with Gasteiger partial charge >= 0.3 is 0 Å². The number of hydrogen-bond donors (Lipinski definition) is 0. The van der Waals surface area contributed by atoms with Crippen LogP contribution in [0.1, 0.15) is 49.2 Å². The Kier molecular flexibility index (Phi) is 6.67. The van der Waals surface area contributed by atoms with Crippen LogP contribution < -0.4 is 14.2 Å². The topological polar surface area (TPSA) is 44.8 Å². The molecule has 0 heterocycles. The third kappa shape index (κ3) is 5.13. The van der Waals surface area contributed by atoms with E-state index in [2.05, 4.69) is 20.8 Å². The van der Waals surface area contributed by atoms with Crippen LogP contribution in [-0.4, -0.2) is 26.6 Å². The molecule has 2 aromatic carbocycles. The fraction of sp³-hybridized carbons (Fsp3) is 0.348. The lowest BCUT2D eigenvalue weighted by Crippen LogP contribution is -2.14. The van der Waals surface area contributed by atoms with E-state index in [1.165, 1.54) is 0 Å². The van der Waals surface area contributed by atoms with E-state index in [1.54, 1.807) is 50.6 Å². The van der Waals surface area contributed by atoms with Crippen molar-refractivity contribution in [1.82, 2.24) is 0 Å². The maximum atomic E-state index is 12.4. The first kappa shape index (κ1) is 20.6. The Morgan fingerprint density at radius 3 is 2.00 bits per heavy atom. The summed E-state index contributed by atoms with van der Waals surface area (Å²) >= 11 is 0. The molecule has 0 aliphatic heterocycles. The molecule has 0 aliphatic rings. The van der Waals surface area contributed by atoms with E-state index < -0.39 is 0 Å². The average molecular weight is 368 g/mol. The molecular formula is C23H28O4. The summed E-state index contributed by atoms with van der Waals surface area (Å²) in [7, 11) is 3.28. The Hall–Kier alpha value is -2.75. The van der Waals surface area contributed by atoms with Crippen LogP contribution in [0.4, 0.5) is 0 Å². The van der Waals surface area contributed by atoms with Crippen molar-refractivity contribution >= 4 is 11.9 Å². The number of ether oxygens (including phenoxy) is 3. The van der Waals surface area contributed by atoms with E-state index >= 15 is 0 Å². The minimum Gasteiger partial charge on any atom is -0.496 e. The lowest BCUT2D eigenvalue weighted by atomic mass is 9.84. The molecule has 27 heavy (non-hydrogen) atoms. The van der Waals surface area contributed by atoms with E-state index in [-0.39, 0.29) is 11.2 Å². The van der Waals surface area contributed by atoms with E-state index in [0.29, 0.717) is 12.2 Å². The number of carbonyl (C=O) groups excluding carboxylic acids is 1. The summed E-state index contributed by atoms with van der Waals surface area (Å²) in [5.41, 5.74) is 2.33. The second kappa shape index (κ2) is 8.76. The van der Waals surface area contributed by atoms with Crippen molar-refractivity contribution in [2.75, 3.05) is 20.8 Å². The van der Waals surface area contributed by atoms with Gasteiger partial charge in [-0.2, -0.15) is 0 Å². The van der Waals surface area contributed by atoms with Crippen LogP contribution in [0.3, 0.4) is 0 Å². The molecule has 0 saturated carbocycles. The molecular weight excluding hydrogens is 340 g/mol. The van der Waals surface area contributed by atoms with Gasteiger partial charge in [-0.05, 0) is 60.4 Å². The zero-order valence-electron chi connectivity index (χ0n) is 17.0. The number of allylic oxidation sites excluding steroid dienone is 1. The second-order valence-electron chi connectivity index (χ2n) is 7.21. The van der Waals surface area contributed by atoms with E-state index in [0.717, 1.165) is 28.4 Å². The zero-order chi connectivity index (χ0) is 20.0. The molecule has 0 radical (unpaired) electrons. The van der Waals surface area contributed by atoms with E-state index in [4.69, 9.17) is 14.2 Å². The molecule has 0 unspecified atom stereocenters. The molecule has 2 rings (SSSR count). The molecule has 2 aromatic rings. The van der Waals surface area contributed by atoms with Crippen LogP contribution in [0.2, 0.25) is 0 Å². The van der Waals surface area contributed by atoms with Gasteiger partial charge in [0.05, 0.1) is 20.8 Å². The van der Waals surface area contributed by atoms with Crippen LogP contribution >= 0.6 is 0 Å². The molecule has 0 atom stereocenters. The lowest BCUT2D eigenvalue weighted by Gasteiger charge is -2.25. The molecule has 0 spiro atoms. The van der Waals surface area contributed by atoms with Crippen molar-refractivity contribution in [2.45, 2.75) is 33.1 Å². The van der Waals surface area contributed by atoms with Crippen LogP contribution in [0.25, 0.3) is 6.08 Å². The molecule has 4 heteroatoms. The summed E-state index contributed by atoms with van der Waals surface area (Å²) in [6.45, 7) is 8.85. The van der Waals surface area contributed by atoms with Gasteiger partial charge in [0.25, 0.3) is 0 Å². The SMILES string of the molecule is CCOc1ccc(C(=O)C=Cc2cc(OC)c(C(C)(C)C)c(OC)c2)cc1. The largest absolute Gasteiger partial charge is 0.496 e. The minimum absolute atomic E-state index is 0.0733. The van der Waals surface area contributed by atoms with Crippen LogP contribution in [0.5, 0.6) is 17.2 Å². The monoisotopic (exact) mass is 368 g/mol. The van der Waals surface area contributed by atoms with Gasteiger partial charge in [-0.25, -0.2) is 0 Å². The van der Waals surface area contributed by atoms with Gasteiger partial charge in [0.1, 0.15) is 17.2 Å². The average Bonchev–Trinajstić information content (AvgIpc) is 2.65. The summed E-state index contributed by atoms with van der Waals surface area (Å²) in [6.07, 6.45) is 3.33. The lowest BCUT2D eigenvalue weighted by molar-refractivity contribution is 0.104. The minimum atomic E-state index is -0.128. The third-order valence-corrected chi connectivity index (χ3v) is 4.16. The molecule has 0 N–H and O–H groups in total. The summed E-state index contributed by atoms with van der Waals surface area (Å²) in [5, 5.41) is 0. The van der Waals surface area contributed by atoms with Gasteiger partial charge in [0.2, 0.25) is 0 Å². The highest BCUT2D eigenvalue weighted by Gasteiger charge is 2.24. The smallest absolute Gasteiger partial charge is 0.185 e. The molecule has 144 valence electrons. The fourth-order valence-corrected chi connectivity index (χ4v) is 2.92. The maximum absolute atomic E-state index is 12.4. The van der Waals surface area contributed by atoms with Crippen LogP contribution in [-0.2, 0) is 5.41 Å². The first-order valence-electron chi connectivity index (χ1n) is 9.02. The zero-order valence-corrected chi connectivity index (χ0v) is 17.0. The van der Waals surface area contributed by atoms with Gasteiger partial charge in [-0.1, -0.05) is 26.8 Å². The third-order valence-electron chi connectivity index (χ3n) is 4.16. The van der Waals surface area contributed by atoms with Gasteiger partial charge in [0, 0.05) is 11.1 Å². The normalized spacial score (nSPS) is 11.5. The number of rotatable bonds is 7. The molecule has 0 saturated heterocycles. The van der Waals surface area contributed by atoms with Gasteiger partial charge in [-0.3, -0.25) is 4.79 Å². The predicted molar refractivity (Wildman–Crippen MR) is 109 cm³/mol. The Morgan fingerprint density at radius 2 is 1.56 bits per heavy atom. The van der Waals surface area contributed by atoms with Gasteiger partial charge < -0.3 is 14.2 Å². The molecule has 0 bridgehead atoms. The second-order valence-corrected chi connectivity index (χ2v) is 7.21. The molecule has 0 amide bonds. The summed E-state index contributed by atoms with van der Waals surface area (Å²) < 4.78 is 16.5. The molecule has 0 aromatic heterocycles. The Labute approximate surface area is 161 Å². The molecule has 0 fully saturated rings. The van der Waals surface area contributed by atoms with Gasteiger partial charge in [-0.15, -0.1) is 0 Å². The maximum Gasteiger partial charge on any atom is 0.185 e. The highest BCUT2D eigenvalue weighted by Crippen LogP contribution is 2.40. The highest BCUT2D eigenvalue weighted by atomic mass is 16.5. The molecule has 4 nitrogen and oxygen atoms in total. The Morgan fingerprint density at radius 1 is 1.00 bits per heavy atom. The van der Waals surface area contributed by atoms with Crippen LogP contribution in [0, 0.1) is 0 Å². The highest BCUT2D eigenvalue weighted by molar-refractivity contribution is 6.06. The number of methoxy groups -OCH3 is 2. The molecule has 0 aliphatic carbocycles. The van der Waals surface area contributed by atoms with Crippen molar-refractivity contribution in [2.24, 2.45) is 0 Å². The van der Waals surface area contributed by atoms with Crippen molar-refractivity contribution in [1.29, 1.82) is 0 Å². The number of carbonyl (C=O) groups is 1. The quantitative estimate of drug-likeness (QED) is 0.492. The summed E-state index contributed by atoms with van der Waals surface area (Å²) in [6, 6.07) is 11.0. The van der Waals surface area contributed by atoms with Gasteiger partial charge in [0.15, 0.2) is 5.78 Å². The number of ketones is 1. The fourth-order valence-electron chi connectivity index (χ4n) is 2.92. The van der Waals surface area contributed by atoms with Crippen molar-refractivity contribution in [3.63, 3.8) is 0 Å². The Bertz CT molecular complexity index is 786. The van der Waals surface area contributed by atoms with E-state index in [1.807, 2.05) is 19.1 Å². The van der Waals surface area contributed by atoms with Crippen LogP contribution in [0.15, 0.2) is 42.5 Å². The first-order chi connectivity index (χ1) is 12.8. The standard InChI is InChI=1S/C23H28O4/c1-7-27-18-11-9-17(10-12-18)19(24)13-8-16-14-20(25-5)22(23(2,3)4)21(15-16)26-6/h8-15H,7H2,1-6H3. The van der Waals surface area contributed by atoms with E-state index in [9.17, 15) is 4.79 Å². The van der Waals surface area contributed by atoms with Crippen molar-refractivity contribution < 1.29 is 19.0 Å². The van der Waals surface area contributed by atoms with Crippen molar-refractivity contribution in [3.8, 4) is 17.2 Å². The predicted octanol–water partition coefficient (Wildman–Crippen LogP) is 5.30. The summed E-state index contributed by atoms with van der Waals surface area (Å²) in [5.74, 6) is 2.17. The van der Waals surface area contributed by atoms with Crippen molar-refractivity contribution in [3.05, 3.63) is 59.2 Å². The Balaban J connectivity index is 2.29. The number of hydrogen-bond acceptors (Lipinski definition) is 4. The number of benzene rings is 2. The first-order valence-corrected chi connectivity index (χ1v) is 9.02. The summed E-state index contributed by atoms with van der Waals surface area (Å²) in [4.78, 5) is 12.4.